The predicted molar refractivity (Wildman–Crippen MR) is 65.5 cm³/mol. The Morgan fingerprint density at radius 2 is 2.06 bits per heavy atom. The van der Waals surface area contributed by atoms with Crippen LogP contribution in [0.3, 0.4) is 0 Å². The summed E-state index contributed by atoms with van der Waals surface area (Å²) in [6.07, 6.45) is 0.857. The van der Waals surface area contributed by atoms with Crippen molar-refractivity contribution in [1.82, 2.24) is 0 Å². The fourth-order valence-corrected chi connectivity index (χ4v) is 1.28. The van der Waals surface area contributed by atoms with E-state index in [1.54, 1.807) is 7.11 Å². The zero-order chi connectivity index (χ0) is 12.0. The number of methoxy groups -OCH3 is 1. The largest absolute Gasteiger partial charge is 0.493 e. The van der Waals surface area contributed by atoms with E-state index in [0.29, 0.717) is 13.2 Å². The van der Waals surface area contributed by atoms with Gasteiger partial charge in [-0.25, -0.2) is 0 Å². The highest BCUT2D eigenvalue weighted by Gasteiger charge is 2.15. The van der Waals surface area contributed by atoms with Gasteiger partial charge < -0.3 is 15.2 Å². The fraction of sp³-hybridized carbons (Fsp3) is 0.538. The molecule has 0 heterocycles. The summed E-state index contributed by atoms with van der Waals surface area (Å²) in [4.78, 5) is 0. The summed E-state index contributed by atoms with van der Waals surface area (Å²) < 4.78 is 11.0. The van der Waals surface area contributed by atoms with Gasteiger partial charge in [-0.05, 0) is 31.5 Å². The van der Waals surface area contributed by atoms with Gasteiger partial charge in [0.1, 0.15) is 5.75 Å². The Hall–Kier alpha value is -1.06. The second-order valence-electron chi connectivity index (χ2n) is 4.41. The SMILES string of the molecule is COC(C)(C)CCOc1cccc(CN)c1. The van der Waals surface area contributed by atoms with Crippen LogP contribution in [0.5, 0.6) is 5.75 Å². The molecule has 16 heavy (non-hydrogen) atoms. The zero-order valence-electron chi connectivity index (χ0n) is 10.3. The minimum atomic E-state index is -0.133. The maximum absolute atomic E-state index is 5.65. The standard InChI is InChI=1S/C13H21NO2/c1-13(2,15-3)7-8-16-12-6-4-5-11(9-12)10-14/h4-6,9H,7-8,10,14H2,1-3H3. The van der Waals surface area contributed by atoms with Crippen molar-refractivity contribution in [3.05, 3.63) is 29.8 Å². The molecule has 3 heteroatoms. The Balaban J connectivity index is 2.42. The second-order valence-corrected chi connectivity index (χ2v) is 4.41. The van der Waals surface area contributed by atoms with Gasteiger partial charge in [0.05, 0.1) is 12.2 Å². The Morgan fingerprint density at radius 3 is 2.69 bits per heavy atom. The first-order valence-electron chi connectivity index (χ1n) is 5.54. The first-order chi connectivity index (χ1) is 7.57. The molecule has 0 bridgehead atoms. The van der Waals surface area contributed by atoms with Gasteiger partial charge in [0.2, 0.25) is 0 Å². The number of rotatable bonds is 6. The van der Waals surface area contributed by atoms with Gasteiger partial charge in [0.25, 0.3) is 0 Å². The van der Waals surface area contributed by atoms with Crippen molar-refractivity contribution in [2.24, 2.45) is 5.73 Å². The molecule has 0 spiro atoms. The molecule has 0 radical (unpaired) electrons. The van der Waals surface area contributed by atoms with Crippen molar-refractivity contribution in [3.63, 3.8) is 0 Å². The summed E-state index contributed by atoms with van der Waals surface area (Å²) in [6, 6.07) is 7.86. The van der Waals surface area contributed by atoms with Crippen molar-refractivity contribution in [2.45, 2.75) is 32.4 Å². The zero-order valence-corrected chi connectivity index (χ0v) is 10.3. The lowest BCUT2D eigenvalue weighted by Crippen LogP contribution is -2.25. The van der Waals surface area contributed by atoms with Crippen molar-refractivity contribution < 1.29 is 9.47 Å². The van der Waals surface area contributed by atoms with Crippen LogP contribution in [0.15, 0.2) is 24.3 Å². The van der Waals surface area contributed by atoms with Gasteiger partial charge in [0, 0.05) is 20.1 Å². The lowest BCUT2D eigenvalue weighted by Gasteiger charge is -2.22. The summed E-state index contributed by atoms with van der Waals surface area (Å²) in [5, 5.41) is 0. The Kier molecular flexibility index (Phi) is 4.77. The summed E-state index contributed by atoms with van der Waals surface area (Å²) >= 11 is 0. The third-order valence-corrected chi connectivity index (χ3v) is 2.66. The molecule has 1 aromatic carbocycles. The normalized spacial score (nSPS) is 11.5. The maximum Gasteiger partial charge on any atom is 0.119 e. The van der Waals surface area contributed by atoms with E-state index in [1.807, 2.05) is 38.1 Å². The van der Waals surface area contributed by atoms with E-state index >= 15 is 0 Å². The molecule has 0 atom stereocenters. The summed E-state index contributed by atoms with van der Waals surface area (Å²) in [6.45, 7) is 5.29. The summed E-state index contributed by atoms with van der Waals surface area (Å²) in [7, 11) is 1.72. The van der Waals surface area contributed by atoms with Crippen LogP contribution in [0.4, 0.5) is 0 Å². The molecule has 0 saturated heterocycles. The third kappa shape index (κ3) is 4.21. The van der Waals surface area contributed by atoms with E-state index in [1.165, 1.54) is 0 Å². The second kappa shape index (κ2) is 5.87. The average molecular weight is 223 g/mol. The topological polar surface area (TPSA) is 44.5 Å². The molecule has 0 fully saturated rings. The Morgan fingerprint density at radius 1 is 1.31 bits per heavy atom. The average Bonchev–Trinajstić information content (AvgIpc) is 2.29. The van der Waals surface area contributed by atoms with Crippen molar-refractivity contribution in [3.8, 4) is 5.75 Å². The van der Waals surface area contributed by atoms with Crippen LogP contribution in [0.2, 0.25) is 0 Å². The fourth-order valence-electron chi connectivity index (χ4n) is 1.28. The highest BCUT2D eigenvalue weighted by atomic mass is 16.5. The van der Waals surface area contributed by atoms with E-state index < -0.39 is 0 Å². The van der Waals surface area contributed by atoms with Gasteiger partial charge >= 0.3 is 0 Å². The van der Waals surface area contributed by atoms with Crippen LogP contribution < -0.4 is 10.5 Å². The molecule has 1 aromatic rings. The lowest BCUT2D eigenvalue weighted by atomic mass is 10.1. The molecular weight excluding hydrogens is 202 g/mol. The monoisotopic (exact) mass is 223 g/mol. The van der Waals surface area contributed by atoms with E-state index in [4.69, 9.17) is 15.2 Å². The first kappa shape index (κ1) is 13.0. The molecule has 0 unspecified atom stereocenters. The van der Waals surface area contributed by atoms with Gasteiger partial charge in [-0.1, -0.05) is 12.1 Å². The van der Waals surface area contributed by atoms with Crippen molar-refractivity contribution in [2.75, 3.05) is 13.7 Å². The molecule has 0 aliphatic heterocycles. The van der Waals surface area contributed by atoms with Gasteiger partial charge in [0.15, 0.2) is 0 Å². The van der Waals surface area contributed by atoms with Crippen LogP contribution in [0.1, 0.15) is 25.8 Å². The van der Waals surface area contributed by atoms with Gasteiger partial charge in [-0.15, -0.1) is 0 Å². The highest BCUT2D eigenvalue weighted by Crippen LogP contribution is 2.16. The van der Waals surface area contributed by atoms with E-state index in [0.717, 1.165) is 17.7 Å². The Bertz CT molecular complexity index is 323. The molecule has 90 valence electrons. The number of hydrogen-bond donors (Lipinski definition) is 1. The first-order valence-corrected chi connectivity index (χ1v) is 5.54. The summed E-state index contributed by atoms with van der Waals surface area (Å²) in [5.74, 6) is 0.870. The molecular formula is C13H21NO2. The van der Waals surface area contributed by atoms with E-state index in [2.05, 4.69) is 0 Å². The van der Waals surface area contributed by atoms with Crippen LogP contribution in [-0.2, 0) is 11.3 Å². The van der Waals surface area contributed by atoms with E-state index in [-0.39, 0.29) is 5.60 Å². The van der Waals surface area contributed by atoms with Crippen molar-refractivity contribution in [1.29, 1.82) is 0 Å². The molecule has 0 aromatic heterocycles. The molecule has 0 aliphatic rings. The highest BCUT2D eigenvalue weighted by molar-refractivity contribution is 5.28. The predicted octanol–water partition coefficient (Wildman–Crippen LogP) is 2.34. The molecule has 0 saturated carbocycles. The smallest absolute Gasteiger partial charge is 0.119 e. The van der Waals surface area contributed by atoms with Gasteiger partial charge in [-0.3, -0.25) is 0 Å². The number of hydrogen-bond acceptors (Lipinski definition) is 3. The summed E-state index contributed by atoms with van der Waals surface area (Å²) in [5.41, 5.74) is 6.52. The molecule has 1 rings (SSSR count). The molecule has 2 N–H and O–H groups in total. The molecule has 3 nitrogen and oxygen atoms in total. The molecule has 0 aliphatic carbocycles. The van der Waals surface area contributed by atoms with Crippen LogP contribution in [0.25, 0.3) is 0 Å². The minimum absolute atomic E-state index is 0.133. The number of benzene rings is 1. The van der Waals surface area contributed by atoms with Crippen LogP contribution >= 0.6 is 0 Å². The lowest BCUT2D eigenvalue weighted by molar-refractivity contribution is 0.00545. The number of nitrogens with two attached hydrogens (primary N) is 1. The molecule has 0 amide bonds. The van der Waals surface area contributed by atoms with Crippen LogP contribution in [-0.4, -0.2) is 19.3 Å². The minimum Gasteiger partial charge on any atom is -0.493 e. The van der Waals surface area contributed by atoms with Crippen LogP contribution in [0, 0.1) is 0 Å². The van der Waals surface area contributed by atoms with Crippen molar-refractivity contribution >= 4 is 0 Å². The quantitative estimate of drug-likeness (QED) is 0.805. The maximum atomic E-state index is 5.65. The third-order valence-electron chi connectivity index (χ3n) is 2.66. The number of ether oxygens (including phenoxy) is 2. The van der Waals surface area contributed by atoms with Gasteiger partial charge in [-0.2, -0.15) is 0 Å². The van der Waals surface area contributed by atoms with E-state index in [9.17, 15) is 0 Å². The Labute approximate surface area is 97.6 Å².